The van der Waals surface area contributed by atoms with Crippen molar-refractivity contribution in [3.8, 4) is 11.1 Å². The number of rotatable bonds is 2. The fraction of sp³-hybridized carbons (Fsp3) is 0. The van der Waals surface area contributed by atoms with Crippen LogP contribution in [0.2, 0.25) is 15.1 Å². The number of halogens is 4. The monoisotopic (exact) mass is 319 g/mol. The third kappa shape index (κ3) is 2.81. The van der Waals surface area contributed by atoms with Crippen molar-refractivity contribution in [3.05, 3.63) is 51.0 Å². The average Bonchev–Trinajstić information content (AvgIpc) is 2.33. The van der Waals surface area contributed by atoms with E-state index in [4.69, 9.17) is 39.9 Å². The summed E-state index contributed by atoms with van der Waals surface area (Å²) in [6, 6.07) is 5.29. The molecule has 2 rings (SSSR count). The van der Waals surface area contributed by atoms with Crippen LogP contribution in [0.4, 0.5) is 4.39 Å². The van der Waals surface area contributed by atoms with Crippen molar-refractivity contribution in [1.82, 2.24) is 4.98 Å². The van der Waals surface area contributed by atoms with Crippen LogP contribution in [-0.4, -0.2) is 16.1 Å². The highest BCUT2D eigenvalue weighted by atomic mass is 35.5. The number of hydrogen-bond acceptors (Lipinski definition) is 2. The van der Waals surface area contributed by atoms with Gasteiger partial charge in [-0.1, -0.05) is 34.8 Å². The maximum absolute atomic E-state index is 13.8. The van der Waals surface area contributed by atoms with Gasteiger partial charge in [0.1, 0.15) is 0 Å². The lowest BCUT2D eigenvalue weighted by Gasteiger charge is -2.08. The number of aromatic carboxylic acids is 1. The third-order valence-corrected chi connectivity index (χ3v) is 3.37. The molecule has 0 fully saturated rings. The number of hydrogen-bond donors (Lipinski definition) is 1. The number of carboxylic acid groups (broad SMARTS) is 1. The molecular weight excluding hydrogens is 315 g/mol. The second kappa shape index (κ2) is 5.33. The first kappa shape index (κ1) is 14.1. The summed E-state index contributed by atoms with van der Waals surface area (Å²) >= 11 is 17.6. The van der Waals surface area contributed by atoms with E-state index in [-0.39, 0.29) is 26.2 Å². The van der Waals surface area contributed by atoms with Gasteiger partial charge < -0.3 is 5.11 Å². The lowest BCUT2D eigenvalue weighted by molar-refractivity contribution is 0.0689. The summed E-state index contributed by atoms with van der Waals surface area (Å²) in [6.07, 6.45) is 0. The zero-order valence-corrected chi connectivity index (χ0v) is 11.4. The summed E-state index contributed by atoms with van der Waals surface area (Å²) < 4.78 is 13.8. The van der Waals surface area contributed by atoms with Crippen LogP contribution >= 0.6 is 34.8 Å². The summed E-state index contributed by atoms with van der Waals surface area (Å²) in [7, 11) is 0. The Hall–Kier alpha value is -1.36. The van der Waals surface area contributed by atoms with Crippen molar-refractivity contribution in [1.29, 1.82) is 0 Å². The van der Waals surface area contributed by atoms with E-state index in [9.17, 15) is 9.18 Å². The van der Waals surface area contributed by atoms with Gasteiger partial charge in [0.05, 0.1) is 10.0 Å². The second-order valence-corrected chi connectivity index (χ2v) is 4.81. The van der Waals surface area contributed by atoms with Crippen LogP contribution in [0.5, 0.6) is 0 Å². The summed E-state index contributed by atoms with van der Waals surface area (Å²) in [4.78, 5) is 14.0. The van der Waals surface area contributed by atoms with E-state index in [0.29, 0.717) is 0 Å². The lowest BCUT2D eigenvalue weighted by Crippen LogP contribution is -2.02. The topological polar surface area (TPSA) is 50.2 Å². The number of benzene rings is 1. The van der Waals surface area contributed by atoms with Gasteiger partial charge in [-0.05, 0) is 24.3 Å². The smallest absolute Gasteiger partial charge is 0.354 e. The van der Waals surface area contributed by atoms with Gasteiger partial charge in [-0.3, -0.25) is 0 Å². The van der Waals surface area contributed by atoms with Gasteiger partial charge in [0.25, 0.3) is 0 Å². The fourth-order valence-electron chi connectivity index (χ4n) is 1.51. The molecule has 19 heavy (non-hydrogen) atoms. The van der Waals surface area contributed by atoms with Crippen molar-refractivity contribution in [3.63, 3.8) is 0 Å². The molecule has 7 heteroatoms. The average molecular weight is 321 g/mol. The quantitative estimate of drug-likeness (QED) is 0.652. The molecule has 3 nitrogen and oxygen atoms in total. The van der Waals surface area contributed by atoms with E-state index in [0.717, 1.165) is 0 Å². The third-order valence-electron chi connectivity index (χ3n) is 2.35. The summed E-state index contributed by atoms with van der Waals surface area (Å²) in [5, 5.41) is 9.29. The molecule has 0 radical (unpaired) electrons. The zero-order chi connectivity index (χ0) is 14.2. The Labute approximate surface area is 122 Å². The van der Waals surface area contributed by atoms with Gasteiger partial charge >= 0.3 is 5.97 Å². The van der Waals surface area contributed by atoms with Crippen molar-refractivity contribution in [2.24, 2.45) is 0 Å². The Kier molecular flexibility index (Phi) is 3.94. The highest BCUT2D eigenvalue weighted by Crippen LogP contribution is 2.37. The van der Waals surface area contributed by atoms with E-state index in [1.54, 1.807) is 0 Å². The molecule has 0 bridgehead atoms. The van der Waals surface area contributed by atoms with Crippen LogP contribution in [-0.2, 0) is 0 Å². The van der Waals surface area contributed by atoms with E-state index < -0.39 is 17.6 Å². The molecule has 0 saturated heterocycles. The van der Waals surface area contributed by atoms with E-state index in [2.05, 4.69) is 4.98 Å². The first-order valence-corrected chi connectivity index (χ1v) is 6.08. The predicted molar refractivity (Wildman–Crippen MR) is 71.6 cm³/mol. The first-order valence-electron chi connectivity index (χ1n) is 4.95. The molecule has 98 valence electrons. The Bertz CT molecular complexity index is 676. The maximum Gasteiger partial charge on any atom is 0.354 e. The molecule has 0 aliphatic carbocycles. The number of aromatic nitrogens is 1. The lowest BCUT2D eigenvalue weighted by atomic mass is 10.1. The van der Waals surface area contributed by atoms with Gasteiger partial charge in [0.15, 0.2) is 5.69 Å². The standard InChI is InChI=1S/C12H5Cl3FNO2/c13-5-3-7(10(15)8(14)4-5)6-1-2-9(12(18)19)17-11(6)16/h1-4H,(H,18,19). The largest absolute Gasteiger partial charge is 0.477 e. The van der Waals surface area contributed by atoms with Gasteiger partial charge in [-0.15, -0.1) is 0 Å². The SMILES string of the molecule is O=C(O)c1ccc(-c2cc(Cl)cc(Cl)c2Cl)c(F)n1. The zero-order valence-electron chi connectivity index (χ0n) is 9.12. The molecule has 0 aliphatic heterocycles. The number of nitrogens with zero attached hydrogens (tertiary/aromatic N) is 1. The number of carboxylic acids is 1. The van der Waals surface area contributed by atoms with Crippen LogP contribution in [0.15, 0.2) is 24.3 Å². The first-order chi connectivity index (χ1) is 8.90. The molecule has 1 N–H and O–H groups in total. The Morgan fingerprint density at radius 1 is 1.16 bits per heavy atom. The predicted octanol–water partition coefficient (Wildman–Crippen LogP) is 4.55. The van der Waals surface area contributed by atoms with Crippen molar-refractivity contribution in [2.45, 2.75) is 0 Å². The molecule has 2 aromatic rings. The molecule has 1 heterocycles. The molecule has 0 amide bonds. The van der Waals surface area contributed by atoms with Gasteiger partial charge in [-0.2, -0.15) is 4.39 Å². The van der Waals surface area contributed by atoms with Crippen LogP contribution < -0.4 is 0 Å². The summed E-state index contributed by atoms with van der Waals surface area (Å²) in [5.41, 5.74) is -0.119. The Balaban J connectivity index is 2.63. The van der Waals surface area contributed by atoms with E-state index in [1.807, 2.05) is 0 Å². The molecule has 0 spiro atoms. The minimum atomic E-state index is -1.32. The summed E-state index contributed by atoms with van der Waals surface area (Å²) in [5.74, 6) is -2.28. The van der Waals surface area contributed by atoms with Crippen LogP contribution in [0.3, 0.4) is 0 Å². The normalized spacial score (nSPS) is 10.5. The van der Waals surface area contributed by atoms with Crippen LogP contribution in [0.25, 0.3) is 11.1 Å². The second-order valence-electron chi connectivity index (χ2n) is 3.59. The highest BCUT2D eigenvalue weighted by molar-refractivity contribution is 6.45. The maximum atomic E-state index is 13.8. The number of pyridine rings is 1. The summed E-state index contributed by atoms with van der Waals surface area (Å²) in [6.45, 7) is 0. The fourth-order valence-corrected chi connectivity index (χ4v) is 2.21. The van der Waals surface area contributed by atoms with Crippen molar-refractivity contribution in [2.75, 3.05) is 0 Å². The van der Waals surface area contributed by atoms with Crippen molar-refractivity contribution >= 4 is 40.8 Å². The molecule has 0 unspecified atom stereocenters. The minimum Gasteiger partial charge on any atom is -0.477 e. The highest BCUT2D eigenvalue weighted by Gasteiger charge is 2.16. The van der Waals surface area contributed by atoms with Gasteiger partial charge in [0, 0.05) is 16.1 Å². The molecule has 1 aromatic heterocycles. The van der Waals surface area contributed by atoms with Crippen LogP contribution in [0, 0.1) is 5.95 Å². The Morgan fingerprint density at radius 3 is 2.42 bits per heavy atom. The molecule has 0 atom stereocenters. The van der Waals surface area contributed by atoms with Gasteiger partial charge in [0.2, 0.25) is 5.95 Å². The number of carbonyl (C=O) groups is 1. The molecule has 0 aliphatic rings. The Morgan fingerprint density at radius 2 is 1.84 bits per heavy atom. The minimum absolute atomic E-state index is 0.0272. The van der Waals surface area contributed by atoms with E-state index >= 15 is 0 Å². The molecule has 0 saturated carbocycles. The molecular formula is C12H5Cl3FNO2. The van der Waals surface area contributed by atoms with Crippen LogP contribution in [0.1, 0.15) is 10.5 Å². The van der Waals surface area contributed by atoms with E-state index in [1.165, 1.54) is 24.3 Å². The van der Waals surface area contributed by atoms with Gasteiger partial charge in [-0.25, -0.2) is 9.78 Å². The van der Waals surface area contributed by atoms with Crippen molar-refractivity contribution < 1.29 is 14.3 Å². The molecule has 1 aromatic carbocycles.